The van der Waals surface area contributed by atoms with Crippen LogP contribution in [0.1, 0.15) is 13.8 Å². The summed E-state index contributed by atoms with van der Waals surface area (Å²) in [4.78, 5) is 11.0. The van der Waals surface area contributed by atoms with E-state index in [1.54, 1.807) is 0 Å². The van der Waals surface area contributed by atoms with Gasteiger partial charge in [0.25, 0.3) is 0 Å². The molecule has 0 aliphatic rings. The lowest BCUT2D eigenvalue weighted by Crippen LogP contribution is -2.30. The van der Waals surface area contributed by atoms with E-state index in [1.807, 2.05) is 13.8 Å². The van der Waals surface area contributed by atoms with Gasteiger partial charge >= 0.3 is 0 Å². The van der Waals surface area contributed by atoms with Crippen LogP contribution in [0.15, 0.2) is 0 Å². The zero-order chi connectivity index (χ0) is 10.3. The number of amides is 1. The molecule has 0 aromatic carbocycles. The van der Waals surface area contributed by atoms with Gasteiger partial charge in [-0.25, -0.2) is 0 Å². The Morgan fingerprint density at radius 3 is 2.69 bits per heavy atom. The van der Waals surface area contributed by atoms with Crippen molar-refractivity contribution in [2.45, 2.75) is 13.8 Å². The molecule has 4 nitrogen and oxygen atoms in total. The van der Waals surface area contributed by atoms with Crippen LogP contribution in [0.25, 0.3) is 0 Å². The first kappa shape index (κ1) is 12.6. The fourth-order valence-corrected chi connectivity index (χ4v) is 2.12. The number of carbonyl (C=O) groups excluding carboxylic acids is 1. The minimum atomic E-state index is -1.07. The molecule has 0 saturated heterocycles. The first-order valence-electron chi connectivity index (χ1n) is 4.41. The maximum absolute atomic E-state index is 11.3. The Hall–Kier alpha value is -0.420. The van der Waals surface area contributed by atoms with Crippen LogP contribution in [0, 0.1) is 5.92 Å². The maximum Gasteiger partial charge on any atom is 0.232 e. The van der Waals surface area contributed by atoms with Crippen LogP contribution in [-0.4, -0.2) is 34.7 Å². The van der Waals surface area contributed by atoms with E-state index in [2.05, 4.69) is 5.32 Å². The molecule has 0 heterocycles. The van der Waals surface area contributed by atoms with Crippen molar-refractivity contribution in [3.63, 3.8) is 0 Å². The molecular formula is C8H18N2O2S. The third kappa shape index (κ3) is 6.72. The summed E-state index contributed by atoms with van der Waals surface area (Å²) in [6.45, 7) is 4.86. The lowest BCUT2D eigenvalue weighted by atomic mass is 10.2. The normalized spacial score (nSPS) is 15.0. The van der Waals surface area contributed by atoms with Gasteiger partial charge in [0.15, 0.2) is 0 Å². The predicted octanol–water partition coefficient (Wildman–Crippen LogP) is -0.534. The Labute approximate surface area is 81.7 Å². The second-order valence-electron chi connectivity index (χ2n) is 3.05. The number of hydrogen-bond acceptors (Lipinski definition) is 3. The number of rotatable bonds is 6. The third-order valence-electron chi connectivity index (χ3n) is 1.54. The van der Waals surface area contributed by atoms with Crippen LogP contribution in [0.3, 0.4) is 0 Å². The molecule has 0 bridgehead atoms. The first-order chi connectivity index (χ1) is 6.10. The van der Waals surface area contributed by atoms with Gasteiger partial charge in [0, 0.05) is 23.1 Å². The standard InChI is InChI=1S/C8H18N2O2S/c1-3-10-8(11)6-13(12)5-7(2)4-9/h7H,3-6,9H2,1-2H3,(H,10,11). The van der Waals surface area contributed by atoms with E-state index in [-0.39, 0.29) is 17.6 Å². The van der Waals surface area contributed by atoms with Crippen molar-refractivity contribution >= 4 is 16.7 Å². The van der Waals surface area contributed by atoms with Crippen LogP contribution in [-0.2, 0) is 15.6 Å². The van der Waals surface area contributed by atoms with Gasteiger partial charge in [-0.1, -0.05) is 6.92 Å². The van der Waals surface area contributed by atoms with E-state index in [1.165, 1.54) is 0 Å². The van der Waals surface area contributed by atoms with Crippen molar-refractivity contribution in [3.05, 3.63) is 0 Å². The van der Waals surface area contributed by atoms with Gasteiger partial charge in [0.1, 0.15) is 5.75 Å². The van der Waals surface area contributed by atoms with Gasteiger partial charge in [-0.05, 0) is 19.4 Å². The molecule has 78 valence electrons. The van der Waals surface area contributed by atoms with Crippen molar-refractivity contribution in [2.75, 3.05) is 24.6 Å². The van der Waals surface area contributed by atoms with Crippen molar-refractivity contribution in [3.8, 4) is 0 Å². The highest BCUT2D eigenvalue weighted by molar-refractivity contribution is 7.85. The van der Waals surface area contributed by atoms with E-state index in [4.69, 9.17) is 5.73 Å². The Morgan fingerprint density at radius 1 is 1.62 bits per heavy atom. The fraction of sp³-hybridized carbons (Fsp3) is 0.875. The fourth-order valence-electron chi connectivity index (χ4n) is 0.839. The van der Waals surface area contributed by atoms with Gasteiger partial charge in [0.2, 0.25) is 5.91 Å². The Balaban J connectivity index is 3.67. The first-order valence-corrected chi connectivity index (χ1v) is 5.90. The minimum absolute atomic E-state index is 0.0954. The average Bonchev–Trinajstić information content (AvgIpc) is 2.04. The molecule has 0 aromatic rings. The molecule has 0 rings (SSSR count). The summed E-state index contributed by atoms with van der Waals surface area (Å²) < 4.78 is 11.3. The van der Waals surface area contributed by atoms with Gasteiger partial charge in [0.05, 0.1) is 0 Å². The molecule has 13 heavy (non-hydrogen) atoms. The van der Waals surface area contributed by atoms with Crippen molar-refractivity contribution < 1.29 is 9.00 Å². The molecule has 3 N–H and O–H groups in total. The van der Waals surface area contributed by atoms with Crippen LogP contribution < -0.4 is 11.1 Å². The van der Waals surface area contributed by atoms with E-state index in [0.717, 1.165) is 0 Å². The smallest absolute Gasteiger partial charge is 0.232 e. The predicted molar refractivity (Wildman–Crippen MR) is 54.8 cm³/mol. The van der Waals surface area contributed by atoms with Gasteiger partial charge in [-0.3, -0.25) is 9.00 Å². The Kier molecular flexibility index (Phi) is 6.80. The van der Waals surface area contributed by atoms with Crippen LogP contribution in [0.5, 0.6) is 0 Å². The maximum atomic E-state index is 11.3. The van der Waals surface area contributed by atoms with Crippen LogP contribution in [0.4, 0.5) is 0 Å². The summed E-state index contributed by atoms with van der Waals surface area (Å²) in [6.07, 6.45) is 0. The molecule has 2 atom stereocenters. The monoisotopic (exact) mass is 206 g/mol. The van der Waals surface area contributed by atoms with E-state index in [0.29, 0.717) is 18.8 Å². The molecular weight excluding hydrogens is 188 g/mol. The molecule has 0 aliphatic heterocycles. The van der Waals surface area contributed by atoms with Crippen LogP contribution >= 0.6 is 0 Å². The second kappa shape index (κ2) is 7.03. The van der Waals surface area contributed by atoms with E-state index >= 15 is 0 Å². The average molecular weight is 206 g/mol. The van der Waals surface area contributed by atoms with E-state index < -0.39 is 10.8 Å². The quantitative estimate of drug-likeness (QED) is 0.613. The summed E-state index contributed by atoms with van der Waals surface area (Å²) in [5.74, 6) is 0.673. The number of nitrogens with two attached hydrogens (primary N) is 1. The zero-order valence-corrected chi connectivity index (χ0v) is 9.02. The molecule has 0 aliphatic carbocycles. The number of hydrogen-bond donors (Lipinski definition) is 2. The molecule has 0 fully saturated rings. The molecule has 2 unspecified atom stereocenters. The van der Waals surface area contributed by atoms with Crippen molar-refractivity contribution in [1.82, 2.24) is 5.32 Å². The summed E-state index contributed by atoms with van der Waals surface area (Å²) in [6, 6.07) is 0. The van der Waals surface area contributed by atoms with Gasteiger partial charge in [-0.2, -0.15) is 0 Å². The summed E-state index contributed by atoms with van der Waals surface area (Å²) in [5.41, 5.74) is 5.37. The molecule has 1 amide bonds. The Morgan fingerprint density at radius 2 is 2.23 bits per heavy atom. The third-order valence-corrected chi connectivity index (χ3v) is 3.06. The largest absolute Gasteiger partial charge is 0.356 e. The van der Waals surface area contributed by atoms with Crippen LogP contribution in [0.2, 0.25) is 0 Å². The SMILES string of the molecule is CCNC(=O)CS(=O)CC(C)CN. The topological polar surface area (TPSA) is 72.2 Å². The minimum Gasteiger partial charge on any atom is -0.356 e. The van der Waals surface area contributed by atoms with E-state index in [9.17, 15) is 9.00 Å². The van der Waals surface area contributed by atoms with Crippen molar-refractivity contribution in [1.29, 1.82) is 0 Å². The van der Waals surface area contributed by atoms with Gasteiger partial charge < -0.3 is 11.1 Å². The lowest BCUT2D eigenvalue weighted by molar-refractivity contribution is -0.118. The molecule has 0 aromatic heterocycles. The number of nitrogens with one attached hydrogen (secondary N) is 1. The highest BCUT2D eigenvalue weighted by Crippen LogP contribution is 1.95. The molecule has 0 spiro atoms. The molecule has 0 saturated carbocycles. The zero-order valence-electron chi connectivity index (χ0n) is 8.21. The number of carbonyl (C=O) groups is 1. The molecule has 0 radical (unpaired) electrons. The lowest BCUT2D eigenvalue weighted by Gasteiger charge is -2.07. The Bertz CT molecular complexity index is 185. The summed E-state index contributed by atoms with van der Waals surface area (Å²) in [5, 5.41) is 2.60. The summed E-state index contributed by atoms with van der Waals surface area (Å²) >= 11 is 0. The highest BCUT2D eigenvalue weighted by Gasteiger charge is 2.09. The highest BCUT2D eigenvalue weighted by atomic mass is 32.2. The van der Waals surface area contributed by atoms with Crippen molar-refractivity contribution in [2.24, 2.45) is 11.7 Å². The van der Waals surface area contributed by atoms with Gasteiger partial charge in [-0.15, -0.1) is 0 Å². The summed E-state index contributed by atoms with van der Waals surface area (Å²) in [7, 11) is -1.07. The second-order valence-corrected chi connectivity index (χ2v) is 4.55. The molecule has 5 heteroatoms.